The van der Waals surface area contributed by atoms with Crippen LogP contribution in [0.5, 0.6) is 0 Å². The van der Waals surface area contributed by atoms with Gasteiger partial charge in [-0.25, -0.2) is 4.98 Å². The van der Waals surface area contributed by atoms with Gasteiger partial charge in [0.1, 0.15) is 0 Å². The average molecular weight is 199 g/mol. The molecule has 0 radical (unpaired) electrons. The first-order valence-corrected chi connectivity index (χ1v) is 4.64. The summed E-state index contributed by atoms with van der Waals surface area (Å²) < 4.78 is 0. The van der Waals surface area contributed by atoms with Crippen molar-refractivity contribution in [3.05, 3.63) is 72.7 Å². The minimum Gasteiger partial charge on any atom is -0.399 e. The van der Waals surface area contributed by atoms with E-state index in [1.807, 2.05) is 42.6 Å². The fourth-order valence-corrected chi connectivity index (χ4v) is 0.977. The minimum absolute atomic E-state index is 0.524. The molecule has 0 saturated carbocycles. The first kappa shape index (κ1) is 11.0. The van der Waals surface area contributed by atoms with Crippen molar-refractivity contribution in [2.75, 3.05) is 0 Å². The second-order valence-corrected chi connectivity index (χ2v) is 3.13. The van der Waals surface area contributed by atoms with Crippen molar-refractivity contribution in [1.82, 2.24) is 0 Å². The molecule has 0 amide bonds. The molecular formula is C13H15N2+. The van der Waals surface area contributed by atoms with Crippen molar-refractivity contribution < 1.29 is 4.98 Å². The maximum Gasteiger partial charge on any atom is 0.203 e. The number of pyridine rings is 1. The molecule has 0 fully saturated rings. The van der Waals surface area contributed by atoms with Crippen LogP contribution in [0.4, 0.5) is 0 Å². The molecule has 1 rings (SSSR count). The summed E-state index contributed by atoms with van der Waals surface area (Å²) in [4.78, 5) is 3.09. The molecule has 0 bridgehead atoms. The van der Waals surface area contributed by atoms with E-state index in [2.05, 4.69) is 18.1 Å². The van der Waals surface area contributed by atoms with Gasteiger partial charge in [-0.15, -0.1) is 0 Å². The topological polar surface area (TPSA) is 40.2 Å². The van der Waals surface area contributed by atoms with Gasteiger partial charge in [0.2, 0.25) is 5.69 Å². The average Bonchev–Trinajstić information content (AvgIpc) is 2.25. The quantitative estimate of drug-likeness (QED) is 0.741. The molecule has 0 aliphatic heterocycles. The second-order valence-electron chi connectivity index (χ2n) is 3.13. The lowest BCUT2D eigenvalue weighted by atomic mass is 10.2. The van der Waals surface area contributed by atoms with Gasteiger partial charge in [0.15, 0.2) is 6.20 Å². The van der Waals surface area contributed by atoms with E-state index in [1.54, 1.807) is 6.08 Å². The number of H-pyrrole nitrogens is 1. The van der Waals surface area contributed by atoms with Gasteiger partial charge < -0.3 is 5.73 Å². The van der Waals surface area contributed by atoms with Crippen LogP contribution in [-0.2, 0) is 0 Å². The van der Waals surface area contributed by atoms with Crippen LogP contribution in [0.15, 0.2) is 67.1 Å². The largest absolute Gasteiger partial charge is 0.399 e. The third-order valence-corrected chi connectivity index (χ3v) is 1.72. The Bertz CT molecular complexity index is 400. The number of nitrogens with one attached hydrogen (secondary N) is 1. The van der Waals surface area contributed by atoms with Gasteiger partial charge in [-0.3, -0.25) is 0 Å². The maximum absolute atomic E-state index is 5.40. The van der Waals surface area contributed by atoms with Gasteiger partial charge >= 0.3 is 0 Å². The van der Waals surface area contributed by atoms with Crippen molar-refractivity contribution in [2.24, 2.45) is 5.73 Å². The zero-order valence-corrected chi connectivity index (χ0v) is 8.61. The van der Waals surface area contributed by atoms with Gasteiger partial charge in [0.05, 0.1) is 0 Å². The molecule has 0 atom stereocenters. The SMILES string of the molecule is C=C(N)/C=C\C(=C)/C=C/c1cccc[nH+]1. The van der Waals surface area contributed by atoms with Crippen LogP contribution in [0.25, 0.3) is 6.08 Å². The lowest BCUT2D eigenvalue weighted by Crippen LogP contribution is -2.03. The fourth-order valence-electron chi connectivity index (χ4n) is 0.977. The highest BCUT2D eigenvalue weighted by Gasteiger charge is 1.90. The molecule has 76 valence electrons. The van der Waals surface area contributed by atoms with Gasteiger partial charge in [-0.1, -0.05) is 19.2 Å². The number of nitrogens with two attached hydrogens (primary N) is 1. The first-order valence-electron chi connectivity index (χ1n) is 4.64. The fraction of sp³-hybridized carbons (Fsp3) is 0. The summed E-state index contributed by atoms with van der Waals surface area (Å²) in [6, 6.07) is 5.89. The predicted octanol–water partition coefficient (Wildman–Crippen LogP) is 2.10. The number of aromatic amines is 1. The lowest BCUT2D eigenvalue weighted by molar-refractivity contribution is -0.380. The van der Waals surface area contributed by atoms with Crippen LogP contribution in [0.1, 0.15) is 5.69 Å². The Labute approximate surface area is 90.2 Å². The van der Waals surface area contributed by atoms with Crippen LogP contribution >= 0.6 is 0 Å². The lowest BCUT2D eigenvalue weighted by Gasteiger charge is -1.89. The normalized spacial score (nSPS) is 10.9. The number of hydrogen-bond donors (Lipinski definition) is 1. The summed E-state index contributed by atoms with van der Waals surface area (Å²) in [5, 5.41) is 0. The molecule has 2 heteroatoms. The highest BCUT2D eigenvalue weighted by molar-refractivity contribution is 5.48. The summed E-state index contributed by atoms with van der Waals surface area (Å²) in [6.45, 7) is 7.42. The van der Waals surface area contributed by atoms with Crippen LogP contribution in [0, 0.1) is 0 Å². The molecule has 0 saturated heterocycles. The Morgan fingerprint density at radius 1 is 1.20 bits per heavy atom. The zero-order chi connectivity index (χ0) is 11.1. The molecule has 1 aromatic rings. The summed E-state index contributed by atoms with van der Waals surface area (Å²) in [7, 11) is 0. The molecule has 0 spiro atoms. The van der Waals surface area contributed by atoms with E-state index < -0.39 is 0 Å². The molecule has 3 N–H and O–H groups in total. The van der Waals surface area contributed by atoms with E-state index in [0.717, 1.165) is 11.3 Å². The third kappa shape index (κ3) is 4.62. The summed E-state index contributed by atoms with van der Waals surface area (Å²) in [5.41, 5.74) is 7.82. The first-order chi connectivity index (χ1) is 7.18. The minimum atomic E-state index is 0.524. The van der Waals surface area contributed by atoms with Gasteiger partial charge in [-0.2, -0.15) is 0 Å². The second kappa shape index (κ2) is 5.60. The Morgan fingerprint density at radius 2 is 2.00 bits per heavy atom. The molecular weight excluding hydrogens is 184 g/mol. The van der Waals surface area contributed by atoms with E-state index in [9.17, 15) is 0 Å². The predicted molar refractivity (Wildman–Crippen MR) is 63.6 cm³/mol. The van der Waals surface area contributed by atoms with Gasteiger partial charge in [0.25, 0.3) is 0 Å². The maximum atomic E-state index is 5.40. The number of rotatable bonds is 4. The monoisotopic (exact) mass is 199 g/mol. The molecule has 0 aliphatic rings. The van der Waals surface area contributed by atoms with Gasteiger partial charge in [0, 0.05) is 23.9 Å². The van der Waals surface area contributed by atoms with E-state index in [1.165, 1.54) is 0 Å². The Hall–Kier alpha value is -2.09. The number of aromatic nitrogens is 1. The van der Waals surface area contributed by atoms with Gasteiger partial charge in [-0.05, 0) is 23.8 Å². The van der Waals surface area contributed by atoms with Crippen molar-refractivity contribution in [2.45, 2.75) is 0 Å². The van der Waals surface area contributed by atoms with Crippen LogP contribution in [-0.4, -0.2) is 0 Å². The molecule has 0 aliphatic carbocycles. The van der Waals surface area contributed by atoms with E-state index >= 15 is 0 Å². The van der Waals surface area contributed by atoms with E-state index in [-0.39, 0.29) is 0 Å². The molecule has 0 unspecified atom stereocenters. The molecule has 1 aromatic heterocycles. The van der Waals surface area contributed by atoms with Crippen molar-refractivity contribution >= 4 is 6.08 Å². The van der Waals surface area contributed by atoms with E-state index in [4.69, 9.17) is 5.73 Å². The smallest absolute Gasteiger partial charge is 0.203 e. The summed E-state index contributed by atoms with van der Waals surface area (Å²) in [5.74, 6) is 0. The molecule has 0 aromatic carbocycles. The number of allylic oxidation sites excluding steroid dienone is 4. The van der Waals surface area contributed by atoms with Crippen LogP contribution in [0.3, 0.4) is 0 Å². The summed E-state index contributed by atoms with van der Waals surface area (Å²) >= 11 is 0. The molecule has 2 nitrogen and oxygen atoms in total. The standard InChI is InChI=1S/C13H14N2/c1-11(6-8-12(2)14)7-9-13-5-3-4-10-15-13/h3-10H,1-2,14H2/p+1/b8-6-,9-7+. The van der Waals surface area contributed by atoms with Crippen molar-refractivity contribution in [1.29, 1.82) is 0 Å². The summed E-state index contributed by atoms with van der Waals surface area (Å²) in [6.07, 6.45) is 9.28. The Kier molecular flexibility index (Phi) is 4.10. The van der Waals surface area contributed by atoms with E-state index in [0.29, 0.717) is 5.70 Å². The highest BCUT2D eigenvalue weighted by atomic mass is 14.6. The molecule has 15 heavy (non-hydrogen) atoms. The zero-order valence-electron chi connectivity index (χ0n) is 8.61. The highest BCUT2D eigenvalue weighted by Crippen LogP contribution is 2.00. The van der Waals surface area contributed by atoms with Crippen LogP contribution in [0.2, 0.25) is 0 Å². The third-order valence-electron chi connectivity index (χ3n) is 1.72. The van der Waals surface area contributed by atoms with Crippen molar-refractivity contribution in [3.8, 4) is 0 Å². The number of hydrogen-bond acceptors (Lipinski definition) is 1. The van der Waals surface area contributed by atoms with Crippen LogP contribution < -0.4 is 10.7 Å². The Morgan fingerprint density at radius 3 is 2.60 bits per heavy atom. The Balaban J connectivity index is 2.59. The van der Waals surface area contributed by atoms with Crippen molar-refractivity contribution in [3.63, 3.8) is 0 Å². The molecule has 1 heterocycles.